The maximum atomic E-state index is 12.9. The van der Waals surface area contributed by atoms with Crippen molar-refractivity contribution in [2.45, 2.75) is 70.7 Å². The summed E-state index contributed by atoms with van der Waals surface area (Å²) in [6, 6.07) is 5.54. The molecule has 1 aromatic carbocycles. The molecule has 1 amide bonds. The predicted octanol–water partition coefficient (Wildman–Crippen LogP) is 2.29. The van der Waals surface area contributed by atoms with Crippen LogP contribution >= 0.6 is 0 Å². The third kappa shape index (κ3) is 5.80. The van der Waals surface area contributed by atoms with E-state index in [0.29, 0.717) is 0 Å². The van der Waals surface area contributed by atoms with E-state index in [4.69, 9.17) is 9.47 Å². The predicted molar refractivity (Wildman–Crippen MR) is 113 cm³/mol. The maximum absolute atomic E-state index is 12.9. The minimum Gasteiger partial charge on any atom is -0.452 e. The number of nitrogens with zero attached hydrogens (tertiary/aromatic N) is 2. The smallest absolute Gasteiger partial charge is 0.338 e. The van der Waals surface area contributed by atoms with Crippen molar-refractivity contribution in [2.24, 2.45) is 0 Å². The van der Waals surface area contributed by atoms with Crippen molar-refractivity contribution in [3.8, 4) is 0 Å². The average Bonchev–Trinajstić information content (AvgIpc) is 2.64. The number of hydrogen-bond donors (Lipinski definition) is 0. The van der Waals surface area contributed by atoms with Crippen LogP contribution in [0.3, 0.4) is 0 Å². The van der Waals surface area contributed by atoms with Crippen LogP contribution in [-0.2, 0) is 24.3 Å². The fraction of sp³-hybridized carbons (Fsp3) is 0.619. The van der Waals surface area contributed by atoms with Crippen LogP contribution in [0.5, 0.6) is 0 Å². The zero-order valence-corrected chi connectivity index (χ0v) is 19.3. The van der Waals surface area contributed by atoms with Crippen LogP contribution in [0.2, 0.25) is 0 Å². The van der Waals surface area contributed by atoms with E-state index in [-0.39, 0.29) is 60.4 Å². The molecule has 0 radical (unpaired) electrons. The SMILES string of the molecule is CC1CN(S(=O)(=O)c2ccc(C(=O)OCC(=O)N(C(C)C)C(C)C)cc2)CC(C)O1. The summed E-state index contributed by atoms with van der Waals surface area (Å²) in [7, 11) is -3.69. The van der Waals surface area contributed by atoms with Gasteiger partial charge in [-0.1, -0.05) is 0 Å². The van der Waals surface area contributed by atoms with E-state index >= 15 is 0 Å². The molecule has 2 unspecified atom stereocenters. The second kappa shape index (κ2) is 9.89. The molecule has 9 heteroatoms. The average molecular weight is 441 g/mol. The molecule has 168 valence electrons. The lowest BCUT2D eigenvalue weighted by atomic mass is 10.2. The number of morpholine rings is 1. The van der Waals surface area contributed by atoms with Crippen molar-refractivity contribution in [3.63, 3.8) is 0 Å². The Bertz CT molecular complexity index is 833. The monoisotopic (exact) mass is 440 g/mol. The third-order valence-electron chi connectivity index (χ3n) is 4.84. The number of carbonyl (C=O) groups is 2. The molecular formula is C21H32N2O6S. The van der Waals surface area contributed by atoms with Gasteiger partial charge in [0.2, 0.25) is 10.0 Å². The number of ether oxygens (including phenoxy) is 2. The van der Waals surface area contributed by atoms with Gasteiger partial charge in [0.25, 0.3) is 5.91 Å². The molecule has 30 heavy (non-hydrogen) atoms. The lowest BCUT2D eigenvalue weighted by Gasteiger charge is -2.34. The molecule has 1 heterocycles. The van der Waals surface area contributed by atoms with Gasteiger partial charge >= 0.3 is 5.97 Å². The standard InChI is InChI=1S/C21H32N2O6S/c1-14(2)23(15(3)4)20(24)13-28-21(25)18-7-9-19(10-8-18)30(26,27)22-11-16(5)29-17(6)12-22/h7-10,14-17H,11-13H2,1-6H3. The first kappa shape index (κ1) is 24.3. The molecule has 2 atom stereocenters. The lowest BCUT2D eigenvalue weighted by Crippen LogP contribution is -2.48. The van der Waals surface area contributed by atoms with Crippen molar-refractivity contribution >= 4 is 21.9 Å². The Balaban J connectivity index is 2.04. The summed E-state index contributed by atoms with van der Waals surface area (Å²) < 4.78 is 37.9. The first-order valence-electron chi connectivity index (χ1n) is 10.2. The van der Waals surface area contributed by atoms with Gasteiger partial charge in [0, 0.05) is 25.2 Å². The zero-order chi connectivity index (χ0) is 22.6. The van der Waals surface area contributed by atoms with E-state index in [2.05, 4.69) is 0 Å². The highest BCUT2D eigenvalue weighted by atomic mass is 32.2. The van der Waals surface area contributed by atoms with Gasteiger partial charge in [-0.15, -0.1) is 0 Å². The number of amides is 1. The van der Waals surface area contributed by atoms with Crippen molar-refractivity contribution in [1.82, 2.24) is 9.21 Å². The quantitative estimate of drug-likeness (QED) is 0.604. The number of sulfonamides is 1. The summed E-state index contributed by atoms with van der Waals surface area (Å²) in [5.74, 6) is -0.948. The van der Waals surface area contributed by atoms with E-state index in [0.717, 1.165) is 0 Å². The number of benzene rings is 1. The molecule has 1 aliphatic heterocycles. The fourth-order valence-corrected chi connectivity index (χ4v) is 5.29. The molecule has 8 nitrogen and oxygen atoms in total. The van der Waals surface area contributed by atoms with Gasteiger partial charge in [0.15, 0.2) is 6.61 Å². The van der Waals surface area contributed by atoms with Crippen LogP contribution in [0.15, 0.2) is 29.2 Å². The van der Waals surface area contributed by atoms with Crippen molar-refractivity contribution in [2.75, 3.05) is 19.7 Å². The van der Waals surface area contributed by atoms with Gasteiger partial charge < -0.3 is 14.4 Å². The third-order valence-corrected chi connectivity index (χ3v) is 6.69. The number of carbonyl (C=O) groups excluding carboxylic acids is 2. The Morgan fingerprint density at radius 2 is 1.57 bits per heavy atom. The Kier molecular flexibility index (Phi) is 8.01. The van der Waals surface area contributed by atoms with Crippen LogP contribution in [-0.4, -0.2) is 73.5 Å². The van der Waals surface area contributed by atoms with E-state index in [1.807, 2.05) is 41.5 Å². The van der Waals surface area contributed by atoms with Crippen LogP contribution in [0.25, 0.3) is 0 Å². The van der Waals surface area contributed by atoms with Gasteiger partial charge in [-0.05, 0) is 65.8 Å². The highest BCUT2D eigenvalue weighted by Crippen LogP contribution is 2.21. The molecule has 1 aromatic rings. The van der Waals surface area contributed by atoms with Gasteiger partial charge in [-0.25, -0.2) is 13.2 Å². The Morgan fingerprint density at radius 1 is 1.07 bits per heavy atom. The molecule has 0 aromatic heterocycles. The van der Waals surface area contributed by atoms with Gasteiger partial charge in [-0.3, -0.25) is 4.79 Å². The normalized spacial score (nSPS) is 20.4. The van der Waals surface area contributed by atoms with Crippen molar-refractivity contribution in [1.29, 1.82) is 0 Å². The summed E-state index contributed by atoms with van der Waals surface area (Å²) in [4.78, 5) is 26.4. The maximum Gasteiger partial charge on any atom is 0.338 e. The Hall–Kier alpha value is -1.97. The van der Waals surface area contributed by atoms with E-state index in [1.165, 1.54) is 28.6 Å². The highest BCUT2D eigenvalue weighted by Gasteiger charge is 2.32. The molecule has 1 saturated heterocycles. The summed E-state index contributed by atoms with van der Waals surface area (Å²) in [6.45, 7) is 11.4. The molecular weight excluding hydrogens is 408 g/mol. The highest BCUT2D eigenvalue weighted by molar-refractivity contribution is 7.89. The molecule has 0 spiro atoms. The minimum atomic E-state index is -3.69. The Morgan fingerprint density at radius 3 is 2.03 bits per heavy atom. The van der Waals surface area contributed by atoms with Crippen LogP contribution < -0.4 is 0 Å². The molecule has 0 N–H and O–H groups in total. The summed E-state index contributed by atoms with van der Waals surface area (Å²) in [5, 5.41) is 0. The Labute approximate surface area is 179 Å². The summed E-state index contributed by atoms with van der Waals surface area (Å²) >= 11 is 0. The second-order valence-corrected chi connectivity index (χ2v) is 10.1. The van der Waals surface area contributed by atoms with E-state index in [1.54, 1.807) is 4.90 Å². The van der Waals surface area contributed by atoms with E-state index < -0.39 is 16.0 Å². The van der Waals surface area contributed by atoms with Crippen LogP contribution in [0, 0.1) is 0 Å². The minimum absolute atomic E-state index is 0.00804. The topological polar surface area (TPSA) is 93.2 Å². The molecule has 2 rings (SSSR count). The summed E-state index contributed by atoms with van der Waals surface area (Å²) in [5.41, 5.74) is 0.186. The second-order valence-electron chi connectivity index (χ2n) is 8.17. The zero-order valence-electron chi connectivity index (χ0n) is 18.5. The van der Waals surface area contributed by atoms with Gasteiger partial charge in [-0.2, -0.15) is 4.31 Å². The molecule has 1 aliphatic rings. The lowest BCUT2D eigenvalue weighted by molar-refractivity contribution is -0.138. The first-order valence-corrected chi connectivity index (χ1v) is 11.6. The number of esters is 1. The summed E-state index contributed by atoms with van der Waals surface area (Å²) in [6.07, 6.45) is -0.377. The van der Waals surface area contributed by atoms with Gasteiger partial charge in [0.1, 0.15) is 0 Å². The van der Waals surface area contributed by atoms with Gasteiger partial charge in [0.05, 0.1) is 22.7 Å². The van der Waals surface area contributed by atoms with Crippen molar-refractivity contribution in [3.05, 3.63) is 29.8 Å². The molecule has 1 fully saturated rings. The molecule has 0 bridgehead atoms. The fourth-order valence-electron chi connectivity index (χ4n) is 3.70. The van der Waals surface area contributed by atoms with Crippen molar-refractivity contribution < 1.29 is 27.5 Å². The first-order chi connectivity index (χ1) is 13.9. The largest absolute Gasteiger partial charge is 0.452 e. The van der Waals surface area contributed by atoms with Crippen LogP contribution in [0.4, 0.5) is 0 Å². The van der Waals surface area contributed by atoms with Crippen LogP contribution in [0.1, 0.15) is 51.9 Å². The molecule has 0 aliphatic carbocycles. The number of rotatable bonds is 7. The van der Waals surface area contributed by atoms with E-state index in [9.17, 15) is 18.0 Å². The number of hydrogen-bond acceptors (Lipinski definition) is 6. The molecule has 0 saturated carbocycles.